The summed E-state index contributed by atoms with van der Waals surface area (Å²) in [7, 11) is 3.21. The molecule has 0 bridgehead atoms. The van der Waals surface area contributed by atoms with E-state index in [0.29, 0.717) is 26.5 Å². The molecule has 0 radical (unpaired) electrons. The number of aryl methyl sites for hydroxylation is 1. The van der Waals surface area contributed by atoms with Crippen molar-refractivity contribution in [1.82, 2.24) is 5.32 Å². The highest BCUT2D eigenvalue weighted by molar-refractivity contribution is 8.26. The van der Waals surface area contributed by atoms with E-state index in [1.54, 1.807) is 14.2 Å². The average molecular weight is 502 g/mol. The van der Waals surface area contributed by atoms with Gasteiger partial charge in [-0.1, -0.05) is 66.4 Å². The number of amides is 1. The SMILES string of the molecule is COc1ccc(C2=C(/C=C3/SC(=S)NC3=O)[C@H](c3ccccc3C)c3ccccc3O2)cc1OC. The van der Waals surface area contributed by atoms with E-state index in [1.165, 1.54) is 11.8 Å². The molecule has 7 heteroatoms. The summed E-state index contributed by atoms with van der Waals surface area (Å²) in [4.78, 5) is 13.2. The third-order valence-corrected chi connectivity index (χ3v) is 7.25. The Morgan fingerprint density at radius 2 is 1.69 bits per heavy atom. The van der Waals surface area contributed by atoms with Gasteiger partial charge in [0.2, 0.25) is 0 Å². The Kier molecular flexibility index (Phi) is 6.36. The summed E-state index contributed by atoms with van der Waals surface area (Å²) in [5, 5.41) is 2.72. The Hall–Kier alpha value is -3.55. The molecular weight excluding hydrogens is 478 g/mol. The fraction of sp³-hybridized carbons (Fsp3) is 0.143. The van der Waals surface area contributed by atoms with Gasteiger partial charge in [0.05, 0.1) is 19.1 Å². The van der Waals surface area contributed by atoms with Crippen LogP contribution in [0.2, 0.25) is 0 Å². The zero-order valence-corrected chi connectivity index (χ0v) is 21.1. The molecule has 5 rings (SSSR count). The lowest BCUT2D eigenvalue weighted by molar-refractivity contribution is -0.115. The van der Waals surface area contributed by atoms with Crippen LogP contribution in [0.4, 0.5) is 0 Å². The first-order valence-corrected chi connectivity index (χ1v) is 12.3. The molecule has 0 spiro atoms. The molecule has 2 aliphatic heterocycles. The van der Waals surface area contributed by atoms with Crippen molar-refractivity contribution in [3.8, 4) is 17.2 Å². The van der Waals surface area contributed by atoms with E-state index in [-0.39, 0.29) is 11.8 Å². The van der Waals surface area contributed by atoms with Crippen LogP contribution in [0.1, 0.15) is 28.2 Å². The lowest BCUT2D eigenvalue weighted by Crippen LogP contribution is -2.19. The predicted molar refractivity (Wildman–Crippen MR) is 143 cm³/mol. The molecule has 1 N–H and O–H groups in total. The van der Waals surface area contributed by atoms with Crippen LogP contribution in [-0.2, 0) is 4.79 Å². The Balaban J connectivity index is 1.81. The molecule has 1 amide bonds. The number of carbonyl (C=O) groups excluding carboxylic acids is 1. The van der Waals surface area contributed by atoms with Crippen LogP contribution in [0.5, 0.6) is 17.2 Å². The van der Waals surface area contributed by atoms with E-state index in [9.17, 15) is 4.79 Å². The molecule has 1 fully saturated rings. The topological polar surface area (TPSA) is 56.8 Å². The van der Waals surface area contributed by atoms with Gasteiger partial charge in [-0.05, 0) is 48.4 Å². The number of hydrogen-bond donors (Lipinski definition) is 1. The van der Waals surface area contributed by atoms with Crippen molar-refractivity contribution in [1.29, 1.82) is 0 Å². The Morgan fingerprint density at radius 1 is 0.971 bits per heavy atom. The summed E-state index contributed by atoms with van der Waals surface area (Å²) in [5.41, 5.74) is 5.00. The van der Waals surface area contributed by atoms with E-state index in [0.717, 1.165) is 33.6 Å². The van der Waals surface area contributed by atoms with Gasteiger partial charge in [-0.25, -0.2) is 0 Å². The van der Waals surface area contributed by atoms with Crippen molar-refractivity contribution in [2.24, 2.45) is 0 Å². The minimum atomic E-state index is -0.207. The maximum Gasteiger partial charge on any atom is 0.263 e. The molecule has 0 aromatic heterocycles. The molecule has 35 heavy (non-hydrogen) atoms. The molecule has 0 aliphatic carbocycles. The fourth-order valence-electron chi connectivity index (χ4n) is 4.44. The predicted octanol–water partition coefficient (Wildman–Crippen LogP) is 5.98. The van der Waals surface area contributed by atoms with Crippen LogP contribution >= 0.6 is 24.0 Å². The first-order chi connectivity index (χ1) is 17.0. The number of rotatable bonds is 5. The zero-order valence-electron chi connectivity index (χ0n) is 19.5. The second-order valence-corrected chi connectivity index (χ2v) is 9.85. The first-order valence-electron chi connectivity index (χ1n) is 11.0. The highest BCUT2D eigenvalue weighted by atomic mass is 32.2. The number of benzene rings is 3. The largest absolute Gasteiger partial charge is 0.493 e. The number of fused-ring (bicyclic) bond motifs is 1. The van der Waals surface area contributed by atoms with Crippen molar-refractivity contribution in [3.63, 3.8) is 0 Å². The molecular formula is C28H23NO4S2. The Bertz CT molecular complexity index is 1410. The summed E-state index contributed by atoms with van der Waals surface area (Å²) in [6.45, 7) is 2.10. The molecule has 0 saturated carbocycles. The smallest absolute Gasteiger partial charge is 0.263 e. The number of ether oxygens (including phenoxy) is 3. The van der Waals surface area contributed by atoms with Gasteiger partial charge < -0.3 is 19.5 Å². The standard InChI is InChI=1S/C28H23NO4S2/c1-16-8-4-5-9-18(16)25-19-10-6-7-11-21(19)33-26(17-12-13-22(31-2)23(14-17)32-3)20(25)15-24-27(30)29-28(34)35-24/h4-15,25H,1-3H3,(H,29,30,34)/b24-15+/t25-/m1/s1. The maximum absolute atomic E-state index is 12.7. The van der Waals surface area contributed by atoms with Crippen LogP contribution in [-0.4, -0.2) is 24.4 Å². The summed E-state index contributed by atoms with van der Waals surface area (Å²) in [6, 6.07) is 22.0. The minimum Gasteiger partial charge on any atom is -0.493 e. The van der Waals surface area contributed by atoms with E-state index in [1.807, 2.05) is 54.6 Å². The van der Waals surface area contributed by atoms with Gasteiger partial charge in [-0.15, -0.1) is 0 Å². The molecule has 0 unspecified atom stereocenters. The summed E-state index contributed by atoms with van der Waals surface area (Å²) in [5.74, 6) is 2.28. The number of nitrogens with one attached hydrogen (secondary N) is 1. The Morgan fingerprint density at radius 3 is 2.37 bits per heavy atom. The van der Waals surface area contributed by atoms with Crippen molar-refractivity contribution in [2.45, 2.75) is 12.8 Å². The van der Waals surface area contributed by atoms with Crippen LogP contribution < -0.4 is 19.5 Å². The molecule has 5 nitrogen and oxygen atoms in total. The average Bonchev–Trinajstić information content (AvgIpc) is 3.20. The number of thioether (sulfide) groups is 1. The highest BCUT2D eigenvalue weighted by Crippen LogP contribution is 2.48. The number of para-hydroxylation sites is 1. The van der Waals surface area contributed by atoms with Gasteiger partial charge in [0, 0.05) is 22.6 Å². The van der Waals surface area contributed by atoms with Crippen molar-refractivity contribution < 1.29 is 19.0 Å². The van der Waals surface area contributed by atoms with Gasteiger partial charge in [-0.2, -0.15) is 0 Å². The number of allylic oxidation sites excluding steroid dienone is 2. The molecule has 1 saturated heterocycles. The third kappa shape index (κ3) is 4.33. The van der Waals surface area contributed by atoms with Gasteiger partial charge >= 0.3 is 0 Å². The Labute approximate surface area is 213 Å². The van der Waals surface area contributed by atoms with Gasteiger partial charge in [0.25, 0.3) is 5.91 Å². The van der Waals surface area contributed by atoms with E-state index < -0.39 is 0 Å². The van der Waals surface area contributed by atoms with E-state index >= 15 is 0 Å². The van der Waals surface area contributed by atoms with Crippen molar-refractivity contribution in [2.75, 3.05) is 14.2 Å². The lowest BCUT2D eigenvalue weighted by Gasteiger charge is -2.31. The molecule has 2 heterocycles. The summed E-state index contributed by atoms with van der Waals surface area (Å²) >= 11 is 6.50. The highest BCUT2D eigenvalue weighted by Gasteiger charge is 2.33. The van der Waals surface area contributed by atoms with Crippen molar-refractivity contribution >= 4 is 40.0 Å². The summed E-state index contributed by atoms with van der Waals surface area (Å²) in [6.07, 6.45) is 1.90. The van der Waals surface area contributed by atoms with Crippen molar-refractivity contribution in [3.05, 3.63) is 106 Å². The van der Waals surface area contributed by atoms with Crippen LogP contribution in [0.25, 0.3) is 5.76 Å². The maximum atomic E-state index is 12.7. The van der Waals surface area contributed by atoms with Gasteiger partial charge in [-0.3, -0.25) is 4.79 Å². The number of methoxy groups -OCH3 is 2. The van der Waals surface area contributed by atoms with E-state index in [2.05, 4.69) is 30.4 Å². The monoisotopic (exact) mass is 501 g/mol. The number of thiocarbonyl (C=S) groups is 1. The lowest BCUT2D eigenvalue weighted by atomic mass is 9.79. The number of hydrogen-bond acceptors (Lipinski definition) is 6. The normalized spacial score (nSPS) is 18.3. The first kappa shape index (κ1) is 23.2. The van der Waals surface area contributed by atoms with Crippen LogP contribution in [0, 0.1) is 6.92 Å². The fourth-order valence-corrected chi connectivity index (χ4v) is 5.47. The van der Waals surface area contributed by atoms with E-state index in [4.69, 9.17) is 26.4 Å². The molecule has 176 valence electrons. The second kappa shape index (κ2) is 9.60. The van der Waals surface area contributed by atoms with Crippen LogP contribution in [0.3, 0.4) is 0 Å². The minimum absolute atomic E-state index is 0.153. The number of carbonyl (C=O) groups is 1. The third-order valence-electron chi connectivity index (χ3n) is 6.09. The summed E-state index contributed by atoms with van der Waals surface area (Å²) < 4.78 is 18.0. The van der Waals surface area contributed by atoms with Gasteiger partial charge in [0.1, 0.15) is 15.8 Å². The zero-order chi connectivity index (χ0) is 24.5. The second-order valence-electron chi connectivity index (χ2n) is 8.14. The molecule has 3 aromatic carbocycles. The van der Waals surface area contributed by atoms with Crippen LogP contribution in [0.15, 0.2) is 83.3 Å². The molecule has 2 aliphatic rings. The van der Waals surface area contributed by atoms with Gasteiger partial charge in [0.15, 0.2) is 11.5 Å². The quantitative estimate of drug-likeness (QED) is 0.343. The molecule has 1 atom stereocenters. The molecule has 3 aromatic rings.